The Bertz CT molecular complexity index is 2380. The fourth-order valence-electron chi connectivity index (χ4n) is 10.5. The van der Waals surface area contributed by atoms with Crippen molar-refractivity contribution in [1.29, 1.82) is 0 Å². The van der Waals surface area contributed by atoms with Gasteiger partial charge in [-0.05, 0) is 145 Å². The summed E-state index contributed by atoms with van der Waals surface area (Å²) in [4.78, 5) is 24.9. The maximum absolute atomic E-state index is 14.8. The number of hydrogen-bond donors (Lipinski definition) is 0. The Kier molecular flexibility index (Phi) is 25.7. The molecule has 0 bridgehead atoms. The molecule has 0 saturated carbocycles. The van der Waals surface area contributed by atoms with E-state index in [1.807, 2.05) is 0 Å². The molecule has 0 saturated heterocycles. The van der Waals surface area contributed by atoms with E-state index in [1.165, 1.54) is 22.7 Å². The topological polar surface area (TPSA) is 39.3 Å². The van der Waals surface area contributed by atoms with Crippen LogP contribution in [0.2, 0.25) is 20.1 Å². The van der Waals surface area contributed by atoms with Crippen LogP contribution in [-0.4, -0.2) is 58.3 Å². The Morgan fingerprint density at radius 2 is 0.603 bits per heavy atom. The van der Waals surface area contributed by atoms with Gasteiger partial charge in [0.05, 0.1) is 25.7 Å². The summed E-state index contributed by atoms with van der Waals surface area (Å²) >= 11 is 28.5. The standard InChI is InChI=1S/C68H90Cl4N4O2/c1-9-17-41-73(42-18-10-2)55-33-25-51(26-34-55)59(52-27-35-56(36-28-52)74(43-19-11-3)44-20-12-4)49-68(62-61(67(77)78-68)63(69)65(71)66(72)64(62)70)50-60(53-29-37-57(38-30-53)75(45-21-13-5)46-22-14-6)54-31-39-58(40-32-54)76(47-23-15-7)48-24-16-8/h25-40,49-50H,9-24,41-48H2,1-8H3. The number of hydrogen-bond acceptors (Lipinski definition) is 6. The summed E-state index contributed by atoms with van der Waals surface area (Å²) in [6.07, 6.45) is 22.1. The zero-order valence-electron chi connectivity index (χ0n) is 48.5. The number of ether oxygens (including phenoxy) is 1. The van der Waals surface area contributed by atoms with Crippen molar-refractivity contribution in [2.24, 2.45) is 0 Å². The van der Waals surface area contributed by atoms with E-state index in [0.29, 0.717) is 5.56 Å². The van der Waals surface area contributed by atoms with E-state index in [1.54, 1.807) is 0 Å². The van der Waals surface area contributed by atoms with Gasteiger partial charge in [0.25, 0.3) is 0 Å². The number of carbonyl (C=O) groups excluding carboxylic acids is 1. The molecule has 6 rings (SSSR count). The number of cyclic esters (lactones) is 1. The van der Waals surface area contributed by atoms with Crippen molar-refractivity contribution in [2.75, 3.05) is 72.0 Å². The van der Waals surface area contributed by atoms with Gasteiger partial charge in [0.15, 0.2) is 5.60 Å². The summed E-state index contributed by atoms with van der Waals surface area (Å²) in [5.74, 6) is -0.631. The maximum Gasteiger partial charge on any atom is 0.341 e. The molecule has 0 spiro atoms. The number of esters is 1. The van der Waals surface area contributed by atoms with Gasteiger partial charge in [-0.25, -0.2) is 4.79 Å². The van der Waals surface area contributed by atoms with Gasteiger partial charge in [0, 0.05) is 80.7 Å². The second-order valence-electron chi connectivity index (χ2n) is 21.3. The Morgan fingerprint density at radius 3 is 0.833 bits per heavy atom. The van der Waals surface area contributed by atoms with E-state index >= 15 is 0 Å². The molecule has 78 heavy (non-hydrogen) atoms. The average Bonchev–Trinajstić information content (AvgIpc) is 3.95. The number of benzene rings is 5. The van der Waals surface area contributed by atoms with E-state index in [2.05, 4.69) is 184 Å². The van der Waals surface area contributed by atoms with Crippen molar-refractivity contribution in [2.45, 2.75) is 164 Å². The third kappa shape index (κ3) is 16.1. The molecule has 1 aliphatic rings. The van der Waals surface area contributed by atoms with Crippen LogP contribution in [0.3, 0.4) is 0 Å². The minimum absolute atomic E-state index is 0.0113. The molecule has 0 aromatic heterocycles. The van der Waals surface area contributed by atoms with E-state index in [0.717, 1.165) is 188 Å². The van der Waals surface area contributed by atoms with Crippen LogP contribution >= 0.6 is 46.4 Å². The van der Waals surface area contributed by atoms with Gasteiger partial charge in [-0.1, -0.05) is 202 Å². The predicted molar refractivity (Wildman–Crippen MR) is 342 cm³/mol. The first-order chi connectivity index (χ1) is 37.9. The lowest BCUT2D eigenvalue weighted by Crippen LogP contribution is -2.26. The second kappa shape index (κ2) is 32.0. The van der Waals surface area contributed by atoms with Gasteiger partial charge >= 0.3 is 5.97 Å². The predicted octanol–water partition coefficient (Wildman–Crippen LogP) is 20.6. The van der Waals surface area contributed by atoms with E-state index in [4.69, 9.17) is 51.1 Å². The van der Waals surface area contributed by atoms with Gasteiger partial charge in [-0.15, -0.1) is 0 Å². The number of anilines is 4. The molecule has 422 valence electrons. The third-order valence-corrected chi connectivity index (χ3v) is 17.1. The van der Waals surface area contributed by atoms with Gasteiger partial charge in [0.1, 0.15) is 0 Å². The molecule has 0 fully saturated rings. The van der Waals surface area contributed by atoms with Crippen LogP contribution in [0.15, 0.2) is 109 Å². The summed E-state index contributed by atoms with van der Waals surface area (Å²) in [5, 5.41) is 0.203. The van der Waals surface area contributed by atoms with Crippen molar-refractivity contribution >= 4 is 86.3 Å². The number of unbranched alkanes of at least 4 members (excludes halogenated alkanes) is 8. The zero-order chi connectivity index (χ0) is 56.0. The number of rotatable bonds is 34. The fourth-order valence-corrected chi connectivity index (χ4v) is 11.5. The van der Waals surface area contributed by atoms with Crippen molar-refractivity contribution in [1.82, 2.24) is 0 Å². The lowest BCUT2D eigenvalue weighted by molar-refractivity contribution is 0.0300. The SMILES string of the molecule is CCCCN(CCCC)c1ccc(C(=CC2(C=C(c3ccc(N(CCCC)CCCC)cc3)c3ccc(N(CCCC)CCCC)cc3)OC(=O)c3c(Cl)c(Cl)c(Cl)c(Cl)c32)c2ccc(N(CCCC)CCCC)cc2)cc1. The lowest BCUT2D eigenvalue weighted by atomic mass is 9.83. The molecule has 1 heterocycles. The lowest BCUT2D eigenvalue weighted by Gasteiger charge is -2.29. The van der Waals surface area contributed by atoms with Crippen LogP contribution in [0.25, 0.3) is 11.1 Å². The molecule has 6 nitrogen and oxygen atoms in total. The Morgan fingerprint density at radius 1 is 0.372 bits per heavy atom. The molecule has 10 heteroatoms. The van der Waals surface area contributed by atoms with Gasteiger partial charge in [-0.2, -0.15) is 0 Å². The van der Waals surface area contributed by atoms with Crippen LogP contribution in [0.4, 0.5) is 22.7 Å². The van der Waals surface area contributed by atoms with E-state index < -0.39 is 11.6 Å². The van der Waals surface area contributed by atoms with E-state index in [-0.39, 0.29) is 25.7 Å². The highest BCUT2D eigenvalue weighted by atomic mass is 35.5. The highest BCUT2D eigenvalue weighted by Gasteiger charge is 2.48. The van der Waals surface area contributed by atoms with Crippen LogP contribution in [0, 0.1) is 0 Å². The Labute approximate surface area is 491 Å². The largest absolute Gasteiger partial charge is 0.442 e. The molecule has 0 radical (unpaired) electrons. The number of nitrogens with zero attached hydrogens (tertiary/aromatic N) is 4. The highest BCUT2D eigenvalue weighted by molar-refractivity contribution is 6.53. The molecule has 0 N–H and O–H groups in total. The van der Waals surface area contributed by atoms with Crippen molar-refractivity contribution < 1.29 is 9.53 Å². The number of halogens is 4. The molecule has 5 aromatic rings. The molecule has 0 atom stereocenters. The normalized spacial score (nSPS) is 12.5. The molecule has 5 aromatic carbocycles. The first kappa shape index (κ1) is 62.6. The maximum atomic E-state index is 14.8. The van der Waals surface area contributed by atoms with Crippen molar-refractivity contribution in [3.8, 4) is 0 Å². The molecule has 0 amide bonds. The van der Waals surface area contributed by atoms with Crippen LogP contribution in [0.1, 0.15) is 196 Å². The smallest absolute Gasteiger partial charge is 0.341 e. The first-order valence-electron chi connectivity index (χ1n) is 29.9. The van der Waals surface area contributed by atoms with Crippen LogP contribution in [0.5, 0.6) is 0 Å². The summed E-state index contributed by atoms with van der Waals surface area (Å²) in [5.41, 5.74) is 9.11. The fraction of sp³-hybridized carbons (Fsp3) is 0.485. The van der Waals surface area contributed by atoms with Gasteiger partial charge < -0.3 is 24.3 Å². The molecular weight excluding hydrogens is 1050 g/mol. The monoisotopic (exact) mass is 1130 g/mol. The van der Waals surface area contributed by atoms with Crippen molar-refractivity contribution in [3.05, 3.63) is 163 Å². The number of carbonyl (C=O) groups is 1. The zero-order valence-corrected chi connectivity index (χ0v) is 51.5. The van der Waals surface area contributed by atoms with Crippen molar-refractivity contribution in [3.63, 3.8) is 0 Å². The Balaban J connectivity index is 1.69. The minimum Gasteiger partial charge on any atom is -0.442 e. The summed E-state index contributed by atoms with van der Waals surface area (Å²) in [6.45, 7) is 25.9. The highest BCUT2D eigenvalue weighted by Crippen LogP contribution is 2.54. The summed E-state index contributed by atoms with van der Waals surface area (Å²) < 4.78 is 6.93. The second-order valence-corrected chi connectivity index (χ2v) is 22.8. The summed E-state index contributed by atoms with van der Waals surface area (Å²) in [7, 11) is 0. The van der Waals surface area contributed by atoms with Crippen LogP contribution < -0.4 is 19.6 Å². The Hall–Kier alpha value is -4.59. The molecule has 1 aliphatic heterocycles. The molecular formula is C68H90Cl4N4O2. The summed E-state index contributed by atoms with van der Waals surface area (Å²) in [6, 6.07) is 35.5. The average molecular weight is 1140 g/mol. The third-order valence-electron chi connectivity index (χ3n) is 15.3. The quantitative estimate of drug-likeness (QED) is 0.0232. The van der Waals surface area contributed by atoms with E-state index in [9.17, 15) is 4.79 Å². The van der Waals surface area contributed by atoms with Crippen LogP contribution in [-0.2, 0) is 10.3 Å². The molecule has 0 unspecified atom stereocenters. The minimum atomic E-state index is -1.63. The first-order valence-corrected chi connectivity index (χ1v) is 31.4. The van der Waals surface area contributed by atoms with Gasteiger partial charge in [-0.3, -0.25) is 0 Å². The molecule has 0 aliphatic carbocycles. The van der Waals surface area contributed by atoms with Gasteiger partial charge in [0.2, 0.25) is 0 Å². The number of fused-ring (bicyclic) bond motifs is 1.